The molecule has 2 aromatic carbocycles. The number of halogens is 1. The fourth-order valence-corrected chi connectivity index (χ4v) is 6.86. The van der Waals surface area contributed by atoms with Gasteiger partial charge in [0.1, 0.15) is 5.69 Å². The largest absolute Gasteiger partial charge is 0.369 e. The number of aromatic nitrogens is 1. The van der Waals surface area contributed by atoms with Gasteiger partial charge in [-0.25, -0.2) is 13.4 Å². The number of sulfone groups is 1. The number of thiazole rings is 1. The van der Waals surface area contributed by atoms with Crippen molar-refractivity contribution in [3.8, 4) is 0 Å². The van der Waals surface area contributed by atoms with Gasteiger partial charge in [-0.3, -0.25) is 4.79 Å². The highest BCUT2D eigenvalue weighted by atomic mass is 79.9. The van der Waals surface area contributed by atoms with Crippen molar-refractivity contribution in [3.05, 3.63) is 63.0 Å². The lowest BCUT2D eigenvalue weighted by molar-refractivity contribution is 0.102. The van der Waals surface area contributed by atoms with Crippen LogP contribution >= 0.6 is 27.3 Å². The van der Waals surface area contributed by atoms with Crippen molar-refractivity contribution in [2.24, 2.45) is 5.92 Å². The quantitative estimate of drug-likeness (QED) is 0.414. The SMILES string of the molecule is CC[C@@H]1CCCN(c2c(NC(=O)c3csc(Br)n3)ccc(S(=O)(=O)c3ccccc3)c2C)C1. The maximum atomic E-state index is 13.4. The van der Waals surface area contributed by atoms with Crippen LogP contribution in [-0.4, -0.2) is 32.4 Å². The first-order valence-corrected chi connectivity index (χ1v) is 14.1. The van der Waals surface area contributed by atoms with Crippen LogP contribution in [0.3, 0.4) is 0 Å². The highest BCUT2D eigenvalue weighted by molar-refractivity contribution is 9.11. The van der Waals surface area contributed by atoms with Gasteiger partial charge in [0.2, 0.25) is 9.84 Å². The van der Waals surface area contributed by atoms with E-state index in [-0.39, 0.29) is 15.7 Å². The lowest BCUT2D eigenvalue weighted by atomic mass is 9.94. The lowest BCUT2D eigenvalue weighted by Crippen LogP contribution is -2.36. The number of carbonyl (C=O) groups is 1. The molecule has 4 rings (SSSR count). The Hall–Kier alpha value is -2.23. The molecule has 0 saturated carbocycles. The number of nitrogens with one attached hydrogen (secondary N) is 1. The van der Waals surface area contributed by atoms with Crippen LogP contribution in [0, 0.1) is 12.8 Å². The number of hydrogen-bond donors (Lipinski definition) is 1. The van der Waals surface area contributed by atoms with E-state index >= 15 is 0 Å². The van der Waals surface area contributed by atoms with Gasteiger partial charge in [-0.05, 0) is 71.4 Å². The molecule has 3 aromatic rings. The fraction of sp³-hybridized carbons (Fsp3) is 0.333. The van der Waals surface area contributed by atoms with Crippen LogP contribution < -0.4 is 10.2 Å². The molecule has 1 amide bonds. The third-order valence-corrected chi connectivity index (χ3v) is 9.37. The van der Waals surface area contributed by atoms with Crippen molar-refractivity contribution in [1.82, 2.24) is 4.98 Å². The Balaban J connectivity index is 1.80. The molecular formula is C24H26BrN3O3S2. The second kappa shape index (κ2) is 9.95. The highest BCUT2D eigenvalue weighted by Crippen LogP contribution is 2.39. The molecule has 6 nitrogen and oxygen atoms in total. The summed E-state index contributed by atoms with van der Waals surface area (Å²) in [6.45, 7) is 5.66. The number of anilines is 2. The molecule has 174 valence electrons. The van der Waals surface area contributed by atoms with Crippen molar-refractivity contribution in [2.75, 3.05) is 23.3 Å². The summed E-state index contributed by atoms with van der Waals surface area (Å²) in [5.41, 5.74) is 2.34. The number of benzene rings is 2. The Morgan fingerprint density at radius 3 is 2.67 bits per heavy atom. The van der Waals surface area contributed by atoms with Gasteiger partial charge in [-0.2, -0.15) is 0 Å². The van der Waals surface area contributed by atoms with E-state index in [0.29, 0.717) is 26.8 Å². The van der Waals surface area contributed by atoms with Crippen molar-refractivity contribution in [1.29, 1.82) is 0 Å². The van der Waals surface area contributed by atoms with Crippen LogP contribution in [0.1, 0.15) is 42.2 Å². The zero-order valence-corrected chi connectivity index (χ0v) is 21.8. The summed E-state index contributed by atoms with van der Waals surface area (Å²) in [6, 6.07) is 11.8. The van der Waals surface area contributed by atoms with E-state index < -0.39 is 9.84 Å². The van der Waals surface area contributed by atoms with Gasteiger partial charge in [0.25, 0.3) is 5.91 Å². The second-order valence-electron chi connectivity index (χ2n) is 8.20. The number of nitrogens with zero attached hydrogens (tertiary/aromatic N) is 2. The monoisotopic (exact) mass is 547 g/mol. The first-order valence-electron chi connectivity index (χ1n) is 10.9. The lowest BCUT2D eigenvalue weighted by Gasteiger charge is -2.36. The Kier molecular flexibility index (Phi) is 7.21. The molecule has 33 heavy (non-hydrogen) atoms. The van der Waals surface area contributed by atoms with Gasteiger partial charge < -0.3 is 10.2 Å². The normalized spacial score (nSPS) is 16.6. The molecule has 1 fully saturated rings. The summed E-state index contributed by atoms with van der Waals surface area (Å²) >= 11 is 4.64. The van der Waals surface area contributed by atoms with Gasteiger partial charge in [-0.15, -0.1) is 11.3 Å². The highest BCUT2D eigenvalue weighted by Gasteiger charge is 2.28. The third-order valence-electron chi connectivity index (χ3n) is 6.09. The Labute approximate surface area is 207 Å². The minimum absolute atomic E-state index is 0.258. The third kappa shape index (κ3) is 5.00. The molecule has 1 saturated heterocycles. The smallest absolute Gasteiger partial charge is 0.275 e. The molecule has 1 atom stereocenters. The molecule has 2 heterocycles. The van der Waals surface area contributed by atoms with E-state index in [1.54, 1.807) is 47.8 Å². The Morgan fingerprint density at radius 1 is 1.24 bits per heavy atom. The van der Waals surface area contributed by atoms with Gasteiger partial charge in [-0.1, -0.05) is 31.5 Å². The fourth-order valence-electron chi connectivity index (χ4n) is 4.35. The first kappa shape index (κ1) is 23.9. The molecule has 0 unspecified atom stereocenters. The number of rotatable bonds is 6. The van der Waals surface area contributed by atoms with E-state index in [9.17, 15) is 13.2 Å². The van der Waals surface area contributed by atoms with Gasteiger partial charge in [0.05, 0.1) is 21.2 Å². The average Bonchev–Trinajstić information content (AvgIpc) is 3.26. The van der Waals surface area contributed by atoms with Crippen molar-refractivity contribution in [2.45, 2.75) is 42.9 Å². The molecule has 1 aliphatic rings. The van der Waals surface area contributed by atoms with Gasteiger partial charge >= 0.3 is 0 Å². The summed E-state index contributed by atoms with van der Waals surface area (Å²) in [5.74, 6) is 0.214. The van der Waals surface area contributed by atoms with Crippen LogP contribution in [0.15, 0.2) is 61.6 Å². The van der Waals surface area contributed by atoms with Crippen LogP contribution in [0.4, 0.5) is 11.4 Å². The average molecular weight is 549 g/mol. The molecule has 9 heteroatoms. The van der Waals surface area contributed by atoms with Crippen molar-refractivity contribution < 1.29 is 13.2 Å². The van der Waals surface area contributed by atoms with Gasteiger partial charge in [0, 0.05) is 18.5 Å². The molecule has 0 aliphatic carbocycles. The Morgan fingerprint density at radius 2 is 2.00 bits per heavy atom. The number of carbonyl (C=O) groups excluding carboxylic acids is 1. The summed E-state index contributed by atoms with van der Waals surface area (Å²) in [7, 11) is -3.70. The van der Waals surface area contributed by atoms with Crippen LogP contribution in [-0.2, 0) is 9.84 Å². The molecule has 1 aliphatic heterocycles. The molecular weight excluding hydrogens is 522 g/mol. The summed E-state index contributed by atoms with van der Waals surface area (Å²) in [4.78, 5) is 19.8. The van der Waals surface area contributed by atoms with E-state index in [1.807, 2.05) is 6.92 Å². The second-order valence-corrected chi connectivity index (χ2v) is 12.3. The van der Waals surface area contributed by atoms with E-state index in [1.165, 1.54) is 11.3 Å². The molecule has 0 radical (unpaired) electrons. The predicted molar refractivity (Wildman–Crippen MR) is 136 cm³/mol. The van der Waals surface area contributed by atoms with Crippen LogP contribution in [0.25, 0.3) is 0 Å². The summed E-state index contributed by atoms with van der Waals surface area (Å²) in [5, 5.41) is 4.67. The van der Waals surface area contributed by atoms with E-state index in [2.05, 4.69) is 38.1 Å². The summed E-state index contributed by atoms with van der Waals surface area (Å²) in [6.07, 6.45) is 3.24. The topological polar surface area (TPSA) is 79.4 Å². The maximum Gasteiger partial charge on any atom is 0.275 e. The minimum Gasteiger partial charge on any atom is -0.369 e. The van der Waals surface area contributed by atoms with Crippen LogP contribution in [0.2, 0.25) is 0 Å². The van der Waals surface area contributed by atoms with E-state index in [4.69, 9.17) is 0 Å². The first-order chi connectivity index (χ1) is 15.8. The van der Waals surface area contributed by atoms with Gasteiger partial charge in [0.15, 0.2) is 3.92 Å². The molecule has 1 aromatic heterocycles. The predicted octanol–water partition coefficient (Wildman–Crippen LogP) is 5.93. The molecule has 0 bridgehead atoms. The standard InChI is InChI=1S/C24H26BrN3O3S2/c1-3-17-8-7-13-28(14-17)22-16(2)21(33(30,31)18-9-5-4-6-10-18)12-11-19(22)26-23(29)20-15-32-24(25)27-20/h4-6,9-12,15,17H,3,7-8,13-14H2,1-2H3,(H,26,29)/t17-/m1/s1. The van der Waals surface area contributed by atoms with Crippen LogP contribution in [0.5, 0.6) is 0 Å². The zero-order valence-electron chi connectivity index (χ0n) is 18.5. The molecule has 0 spiro atoms. The number of piperidine rings is 1. The van der Waals surface area contributed by atoms with Crippen molar-refractivity contribution in [3.63, 3.8) is 0 Å². The summed E-state index contributed by atoms with van der Waals surface area (Å²) < 4.78 is 27.5. The van der Waals surface area contributed by atoms with E-state index in [0.717, 1.165) is 38.0 Å². The maximum absolute atomic E-state index is 13.4. The number of amides is 1. The zero-order chi connectivity index (χ0) is 23.6. The van der Waals surface area contributed by atoms with Crippen molar-refractivity contribution >= 4 is 54.4 Å². The number of hydrogen-bond acceptors (Lipinski definition) is 6. The minimum atomic E-state index is -3.70. The Bertz CT molecular complexity index is 1260. The molecule has 1 N–H and O–H groups in total.